The van der Waals surface area contributed by atoms with Gasteiger partial charge in [0.05, 0.1) is 23.8 Å². The first-order valence-corrected chi connectivity index (χ1v) is 13.3. The third-order valence-corrected chi connectivity index (χ3v) is 8.14. The SMILES string of the molecule is COc1ccc(C2=NN3C(C2)c2cc(Br)ccc2OC32NC(=O)S/C2=C\c2ccc(Br)cc2)cc1. The summed E-state index contributed by atoms with van der Waals surface area (Å²) in [4.78, 5) is 13.5. The Balaban J connectivity index is 1.49. The number of thioether (sulfide) groups is 1. The first kappa shape index (κ1) is 22.7. The van der Waals surface area contributed by atoms with Gasteiger partial charge in [-0.2, -0.15) is 5.10 Å². The number of nitrogens with zero attached hydrogens (tertiary/aromatic N) is 2. The van der Waals surface area contributed by atoms with Crippen LogP contribution in [0.4, 0.5) is 4.79 Å². The number of rotatable bonds is 3. The fraction of sp³-hybridized carbons (Fsp3) is 0.154. The maximum atomic E-state index is 12.8. The van der Waals surface area contributed by atoms with Crippen molar-refractivity contribution in [3.63, 3.8) is 0 Å². The van der Waals surface area contributed by atoms with Crippen molar-refractivity contribution in [2.75, 3.05) is 7.11 Å². The number of amides is 1. The van der Waals surface area contributed by atoms with Gasteiger partial charge >= 0.3 is 5.85 Å². The zero-order chi connectivity index (χ0) is 24.2. The van der Waals surface area contributed by atoms with Crippen molar-refractivity contribution in [1.29, 1.82) is 0 Å². The molecule has 3 aromatic carbocycles. The summed E-state index contributed by atoms with van der Waals surface area (Å²) >= 11 is 8.21. The first-order valence-electron chi connectivity index (χ1n) is 10.9. The molecule has 35 heavy (non-hydrogen) atoms. The zero-order valence-electron chi connectivity index (χ0n) is 18.5. The number of halogens is 2. The highest BCUT2D eigenvalue weighted by molar-refractivity contribution is 9.10. The van der Waals surface area contributed by atoms with Gasteiger partial charge in [-0.25, -0.2) is 5.01 Å². The lowest BCUT2D eigenvalue weighted by Crippen LogP contribution is -2.61. The Hall–Kier alpha value is -2.75. The Bertz CT molecular complexity index is 1390. The Morgan fingerprint density at radius 3 is 2.60 bits per heavy atom. The molecule has 3 aliphatic heterocycles. The Labute approximate surface area is 223 Å². The van der Waals surface area contributed by atoms with Crippen LogP contribution in [0.5, 0.6) is 11.5 Å². The number of nitrogens with one attached hydrogen (secondary N) is 1. The van der Waals surface area contributed by atoms with Crippen LogP contribution in [0.3, 0.4) is 0 Å². The van der Waals surface area contributed by atoms with E-state index < -0.39 is 5.85 Å². The van der Waals surface area contributed by atoms with E-state index in [-0.39, 0.29) is 11.3 Å². The highest BCUT2D eigenvalue weighted by Crippen LogP contribution is 2.53. The fourth-order valence-electron chi connectivity index (χ4n) is 4.56. The highest BCUT2D eigenvalue weighted by atomic mass is 79.9. The van der Waals surface area contributed by atoms with Crippen LogP contribution in [0.1, 0.15) is 29.2 Å². The second-order valence-corrected chi connectivity index (χ2v) is 11.2. The summed E-state index contributed by atoms with van der Waals surface area (Å²) in [5.74, 6) is 0.289. The standard InChI is InChI=1S/C26H19Br2N3O3S/c1-33-19-9-4-16(5-10-19)21-14-22-20-13-18(28)8-11-23(20)34-26(31(22)30-21)24(35-25(32)29-26)12-15-2-6-17(27)7-3-15/h2-13,22H,14H2,1H3,(H,29,32)/b24-12-. The normalized spacial score (nSPS) is 23.6. The number of fused-ring (bicyclic) bond motifs is 4. The number of ether oxygens (including phenoxy) is 2. The molecule has 0 saturated carbocycles. The van der Waals surface area contributed by atoms with E-state index in [0.717, 1.165) is 59.5 Å². The van der Waals surface area contributed by atoms with Crippen LogP contribution in [0.2, 0.25) is 0 Å². The second-order valence-electron chi connectivity index (χ2n) is 8.34. The summed E-state index contributed by atoms with van der Waals surface area (Å²) in [6.45, 7) is 0. The minimum atomic E-state index is -1.23. The quantitative estimate of drug-likeness (QED) is 0.348. The number of methoxy groups -OCH3 is 1. The van der Waals surface area contributed by atoms with Crippen LogP contribution in [0, 0.1) is 0 Å². The van der Waals surface area contributed by atoms with Crippen LogP contribution >= 0.6 is 43.6 Å². The second kappa shape index (κ2) is 8.72. The number of carbonyl (C=O) groups is 1. The zero-order valence-corrected chi connectivity index (χ0v) is 22.5. The molecule has 3 heterocycles. The van der Waals surface area contributed by atoms with Gasteiger partial charge in [-0.15, -0.1) is 0 Å². The number of benzene rings is 3. The number of hydrogen-bond donors (Lipinski definition) is 1. The Morgan fingerprint density at radius 1 is 1.11 bits per heavy atom. The van der Waals surface area contributed by atoms with E-state index in [0.29, 0.717) is 6.42 Å². The molecule has 6 nitrogen and oxygen atoms in total. The molecule has 2 atom stereocenters. The van der Waals surface area contributed by atoms with Crippen molar-refractivity contribution < 1.29 is 14.3 Å². The fourth-order valence-corrected chi connectivity index (χ4v) is 6.11. The van der Waals surface area contributed by atoms with Crippen LogP contribution < -0.4 is 14.8 Å². The monoisotopic (exact) mass is 611 g/mol. The molecule has 1 amide bonds. The number of hydrazone groups is 1. The predicted octanol–water partition coefficient (Wildman–Crippen LogP) is 6.92. The van der Waals surface area contributed by atoms with E-state index in [1.165, 1.54) is 0 Å². The van der Waals surface area contributed by atoms with Gasteiger partial charge in [0.15, 0.2) is 0 Å². The smallest absolute Gasteiger partial charge is 0.314 e. The van der Waals surface area contributed by atoms with Crippen molar-refractivity contribution in [3.05, 3.63) is 97.3 Å². The molecular formula is C26H19Br2N3O3S. The molecule has 0 radical (unpaired) electrons. The highest BCUT2D eigenvalue weighted by Gasteiger charge is 2.58. The molecule has 1 N–H and O–H groups in total. The third kappa shape index (κ3) is 3.95. The van der Waals surface area contributed by atoms with E-state index in [4.69, 9.17) is 14.6 Å². The van der Waals surface area contributed by atoms with Crippen LogP contribution in [-0.4, -0.2) is 28.9 Å². The number of hydrogen-bond acceptors (Lipinski definition) is 6. The van der Waals surface area contributed by atoms with E-state index in [1.54, 1.807) is 7.11 Å². The lowest BCUT2D eigenvalue weighted by molar-refractivity contribution is -0.0949. The summed E-state index contributed by atoms with van der Waals surface area (Å²) in [7, 11) is 1.65. The lowest BCUT2D eigenvalue weighted by atomic mass is 9.95. The molecule has 3 aromatic rings. The van der Waals surface area contributed by atoms with Gasteiger partial charge in [0.2, 0.25) is 0 Å². The van der Waals surface area contributed by atoms with Crippen LogP contribution in [0.15, 0.2) is 85.7 Å². The van der Waals surface area contributed by atoms with Crippen molar-refractivity contribution in [2.24, 2.45) is 5.10 Å². The topological polar surface area (TPSA) is 63.2 Å². The van der Waals surface area contributed by atoms with Crippen molar-refractivity contribution in [3.8, 4) is 11.5 Å². The maximum absolute atomic E-state index is 12.8. The summed E-state index contributed by atoms with van der Waals surface area (Å²) in [5, 5.41) is 9.84. The summed E-state index contributed by atoms with van der Waals surface area (Å²) in [6.07, 6.45) is 2.66. The molecule has 6 rings (SSSR count). The molecule has 0 aromatic heterocycles. The van der Waals surface area contributed by atoms with Gasteiger partial charge in [0.1, 0.15) is 11.5 Å². The summed E-state index contributed by atoms with van der Waals surface area (Å²) in [6, 6.07) is 21.6. The number of carbonyl (C=O) groups excluding carboxylic acids is 1. The van der Waals surface area contributed by atoms with Gasteiger partial charge in [-0.1, -0.05) is 44.0 Å². The average molecular weight is 613 g/mol. The van der Waals surface area contributed by atoms with Crippen molar-refractivity contribution in [1.82, 2.24) is 10.3 Å². The molecule has 3 aliphatic rings. The Kier molecular flexibility index (Phi) is 5.66. The van der Waals surface area contributed by atoms with Gasteiger partial charge < -0.3 is 9.47 Å². The minimum Gasteiger partial charge on any atom is -0.497 e. The van der Waals surface area contributed by atoms with E-state index in [1.807, 2.05) is 71.7 Å². The molecule has 2 unspecified atom stereocenters. The minimum absolute atomic E-state index is 0.110. The van der Waals surface area contributed by atoms with E-state index >= 15 is 0 Å². The van der Waals surface area contributed by atoms with E-state index in [9.17, 15) is 4.79 Å². The third-order valence-electron chi connectivity index (χ3n) is 6.22. The molecule has 9 heteroatoms. The van der Waals surface area contributed by atoms with Crippen molar-refractivity contribution >= 4 is 60.6 Å². The van der Waals surface area contributed by atoms with Crippen LogP contribution in [0.25, 0.3) is 6.08 Å². The van der Waals surface area contributed by atoms with Gasteiger partial charge in [0, 0.05) is 20.9 Å². The van der Waals surface area contributed by atoms with E-state index in [2.05, 4.69) is 43.2 Å². The maximum Gasteiger partial charge on any atom is 0.314 e. The summed E-state index contributed by atoms with van der Waals surface area (Å²) in [5.41, 5.74) is 3.91. The molecule has 1 saturated heterocycles. The van der Waals surface area contributed by atoms with Crippen molar-refractivity contribution in [2.45, 2.75) is 18.3 Å². The molecule has 0 bridgehead atoms. The van der Waals surface area contributed by atoms with Gasteiger partial charge in [-0.05, 0) is 83.6 Å². The summed E-state index contributed by atoms with van der Waals surface area (Å²) < 4.78 is 13.9. The lowest BCUT2D eigenvalue weighted by Gasteiger charge is -2.45. The first-order chi connectivity index (χ1) is 16.9. The van der Waals surface area contributed by atoms with Crippen LogP contribution in [-0.2, 0) is 0 Å². The average Bonchev–Trinajstić information content (AvgIpc) is 3.44. The largest absolute Gasteiger partial charge is 0.497 e. The Morgan fingerprint density at radius 2 is 1.86 bits per heavy atom. The molecule has 1 spiro atoms. The molecular weight excluding hydrogens is 594 g/mol. The predicted molar refractivity (Wildman–Crippen MR) is 144 cm³/mol. The van der Waals surface area contributed by atoms with Gasteiger partial charge in [-0.3, -0.25) is 10.1 Å². The molecule has 0 aliphatic carbocycles. The molecule has 176 valence electrons. The molecule has 1 fully saturated rings. The van der Waals surface area contributed by atoms with Gasteiger partial charge in [0.25, 0.3) is 5.24 Å².